The molecule has 134 valence electrons. The Morgan fingerprint density at radius 2 is 1.96 bits per heavy atom. The summed E-state index contributed by atoms with van der Waals surface area (Å²) in [5.74, 6) is 1.93. The molecule has 1 aliphatic heterocycles. The first-order chi connectivity index (χ1) is 12.7. The minimum atomic E-state index is -0.205. The number of rotatable bonds is 7. The number of hydrogen-bond acceptors (Lipinski definition) is 4. The Labute approximate surface area is 153 Å². The van der Waals surface area contributed by atoms with Gasteiger partial charge in [0.05, 0.1) is 13.7 Å². The van der Waals surface area contributed by atoms with Crippen molar-refractivity contribution in [3.8, 4) is 11.5 Å². The van der Waals surface area contributed by atoms with Gasteiger partial charge in [-0.05, 0) is 42.3 Å². The third-order valence-electron chi connectivity index (χ3n) is 4.09. The molecule has 1 amide bonds. The molecule has 0 bridgehead atoms. The molecule has 0 radical (unpaired) electrons. The number of nitrogens with one attached hydrogen (secondary N) is 1. The zero-order chi connectivity index (χ0) is 18.4. The number of carbonyl (C=O) groups excluding carboxylic acids is 1. The lowest BCUT2D eigenvalue weighted by Crippen LogP contribution is -2.25. The van der Waals surface area contributed by atoms with E-state index in [0.29, 0.717) is 24.6 Å². The van der Waals surface area contributed by atoms with Gasteiger partial charge >= 0.3 is 0 Å². The Kier molecular flexibility index (Phi) is 5.69. The van der Waals surface area contributed by atoms with Crippen LogP contribution in [-0.2, 0) is 11.2 Å². The average Bonchev–Trinajstić information content (AvgIpc) is 3.02. The normalized spacial score (nSPS) is 14.9. The Bertz CT molecular complexity index is 842. The van der Waals surface area contributed by atoms with Crippen LogP contribution >= 0.6 is 0 Å². The van der Waals surface area contributed by atoms with E-state index in [9.17, 15) is 4.79 Å². The van der Waals surface area contributed by atoms with Gasteiger partial charge < -0.3 is 14.8 Å². The molecule has 0 atom stereocenters. The molecule has 5 heteroatoms. The maximum Gasteiger partial charge on any atom is 0.275 e. The van der Waals surface area contributed by atoms with Crippen LogP contribution in [0.1, 0.15) is 24.5 Å². The Morgan fingerprint density at radius 3 is 2.69 bits per heavy atom. The average molecular weight is 350 g/mol. The number of ether oxygens (including phenoxy) is 2. The molecular formula is C21H22N2O3. The van der Waals surface area contributed by atoms with Gasteiger partial charge in [0.25, 0.3) is 5.91 Å². The van der Waals surface area contributed by atoms with E-state index in [1.807, 2.05) is 48.5 Å². The van der Waals surface area contributed by atoms with Crippen molar-refractivity contribution >= 4 is 17.8 Å². The van der Waals surface area contributed by atoms with Crippen LogP contribution in [0.15, 0.2) is 59.2 Å². The van der Waals surface area contributed by atoms with Gasteiger partial charge in [-0.3, -0.25) is 4.79 Å². The number of carbonyl (C=O) groups is 1. The highest BCUT2D eigenvalue weighted by atomic mass is 16.5. The van der Waals surface area contributed by atoms with Crippen LogP contribution in [0.25, 0.3) is 6.08 Å². The van der Waals surface area contributed by atoms with Crippen LogP contribution in [0.5, 0.6) is 11.5 Å². The van der Waals surface area contributed by atoms with Gasteiger partial charge in [-0.25, -0.2) is 4.99 Å². The number of benzene rings is 2. The van der Waals surface area contributed by atoms with Gasteiger partial charge in [0.2, 0.25) is 0 Å². The minimum Gasteiger partial charge on any atom is -0.496 e. The van der Waals surface area contributed by atoms with Gasteiger partial charge in [-0.1, -0.05) is 31.2 Å². The highest BCUT2D eigenvalue weighted by Crippen LogP contribution is 2.24. The van der Waals surface area contributed by atoms with Crippen molar-refractivity contribution < 1.29 is 14.3 Å². The lowest BCUT2D eigenvalue weighted by atomic mass is 10.1. The summed E-state index contributed by atoms with van der Waals surface area (Å²) < 4.78 is 11.0. The molecule has 5 nitrogen and oxygen atoms in total. The summed E-state index contributed by atoms with van der Waals surface area (Å²) in [4.78, 5) is 16.6. The van der Waals surface area contributed by atoms with E-state index in [4.69, 9.17) is 9.47 Å². The molecule has 0 aromatic heterocycles. The van der Waals surface area contributed by atoms with Crippen LogP contribution in [0.2, 0.25) is 0 Å². The zero-order valence-electron chi connectivity index (χ0n) is 15.0. The molecule has 2 aromatic rings. The monoisotopic (exact) mass is 350 g/mol. The molecular weight excluding hydrogens is 328 g/mol. The van der Waals surface area contributed by atoms with Crippen molar-refractivity contribution in [2.24, 2.45) is 4.99 Å². The summed E-state index contributed by atoms with van der Waals surface area (Å²) in [6.45, 7) is 2.54. The smallest absolute Gasteiger partial charge is 0.275 e. The predicted molar refractivity (Wildman–Crippen MR) is 102 cm³/mol. The standard InChI is InChI=1S/C21H22N2O3/c1-3-15-9-10-19(25-2)16(13-15)14-18-21(24)23-20(22-18)11-12-26-17-7-5-4-6-8-17/h4-10,13-14H,3,11-12H2,1-2H3,(H,22,23,24)/b18-14+. The van der Waals surface area contributed by atoms with Crippen LogP contribution in [-0.4, -0.2) is 25.5 Å². The summed E-state index contributed by atoms with van der Waals surface area (Å²) in [5.41, 5.74) is 2.41. The van der Waals surface area contributed by atoms with E-state index in [-0.39, 0.29) is 5.91 Å². The molecule has 0 saturated heterocycles. The first-order valence-electron chi connectivity index (χ1n) is 8.65. The Hall–Kier alpha value is -3.08. The predicted octanol–water partition coefficient (Wildman–Crippen LogP) is 3.60. The number of amides is 1. The number of methoxy groups -OCH3 is 1. The van der Waals surface area contributed by atoms with Gasteiger partial charge in [0.1, 0.15) is 23.0 Å². The maximum atomic E-state index is 12.2. The van der Waals surface area contributed by atoms with E-state index < -0.39 is 0 Å². The fourth-order valence-corrected chi connectivity index (χ4v) is 2.68. The number of amidine groups is 1. The van der Waals surface area contributed by atoms with Crippen molar-refractivity contribution in [1.82, 2.24) is 5.32 Å². The fourth-order valence-electron chi connectivity index (χ4n) is 2.68. The molecule has 26 heavy (non-hydrogen) atoms. The van der Waals surface area contributed by atoms with Gasteiger partial charge in [0, 0.05) is 12.0 Å². The summed E-state index contributed by atoms with van der Waals surface area (Å²) in [7, 11) is 1.62. The molecule has 0 saturated carbocycles. The molecule has 1 heterocycles. The van der Waals surface area contributed by atoms with E-state index in [1.54, 1.807) is 13.2 Å². The molecule has 2 aromatic carbocycles. The molecule has 3 rings (SSSR count). The lowest BCUT2D eigenvalue weighted by molar-refractivity contribution is -0.115. The third-order valence-corrected chi connectivity index (χ3v) is 4.09. The summed E-state index contributed by atoms with van der Waals surface area (Å²) >= 11 is 0. The van der Waals surface area contributed by atoms with Crippen molar-refractivity contribution in [3.05, 3.63) is 65.4 Å². The highest BCUT2D eigenvalue weighted by Gasteiger charge is 2.20. The molecule has 0 fully saturated rings. The number of para-hydroxylation sites is 1. The van der Waals surface area contributed by atoms with Crippen molar-refractivity contribution in [1.29, 1.82) is 0 Å². The second kappa shape index (κ2) is 8.34. The van der Waals surface area contributed by atoms with Gasteiger partial charge in [-0.15, -0.1) is 0 Å². The number of hydrogen-bond donors (Lipinski definition) is 1. The Morgan fingerprint density at radius 1 is 1.15 bits per heavy atom. The minimum absolute atomic E-state index is 0.205. The molecule has 0 spiro atoms. The second-order valence-corrected chi connectivity index (χ2v) is 5.88. The molecule has 0 unspecified atom stereocenters. The number of aryl methyl sites for hydroxylation is 1. The number of nitrogens with zero attached hydrogens (tertiary/aromatic N) is 1. The van der Waals surface area contributed by atoms with Crippen LogP contribution in [0.3, 0.4) is 0 Å². The largest absolute Gasteiger partial charge is 0.496 e. The van der Waals surface area contributed by atoms with Crippen LogP contribution < -0.4 is 14.8 Å². The highest BCUT2D eigenvalue weighted by molar-refractivity contribution is 6.14. The topological polar surface area (TPSA) is 59.9 Å². The zero-order valence-corrected chi connectivity index (χ0v) is 15.0. The molecule has 1 N–H and O–H groups in total. The first-order valence-corrected chi connectivity index (χ1v) is 8.65. The van der Waals surface area contributed by atoms with Crippen molar-refractivity contribution in [2.75, 3.05) is 13.7 Å². The summed E-state index contributed by atoms with van der Waals surface area (Å²) in [5, 5.41) is 2.80. The van der Waals surface area contributed by atoms with Gasteiger partial charge in [0.15, 0.2) is 0 Å². The van der Waals surface area contributed by atoms with Crippen LogP contribution in [0.4, 0.5) is 0 Å². The first kappa shape index (κ1) is 17.7. The summed E-state index contributed by atoms with van der Waals surface area (Å²) in [6.07, 6.45) is 3.21. The van der Waals surface area contributed by atoms with Crippen molar-refractivity contribution in [2.45, 2.75) is 19.8 Å². The van der Waals surface area contributed by atoms with Gasteiger partial charge in [-0.2, -0.15) is 0 Å². The van der Waals surface area contributed by atoms with E-state index >= 15 is 0 Å². The quantitative estimate of drug-likeness (QED) is 0.776. The Balaban J connectivity index is 1.70. The van der Waals surface area contributed by atoms with E-state index in [1.165, 1.54) is 5.56 Å². The lowest BCUT2D eigenvalue weighted by Gasteiger charge is -2.07. The SMILES string of the molecule is CCc1ccc(OC)c(/C=C2/N=C(CCOc3ccccc3)NC2=O)c1. The third kappa shape index (κ3) is 4.30. The second-order valence-electron chi connectivity index (χ2n) is 5.88. The molecule has 0 aliphatic carbocycles. The number of aliphatic imine (C=N–C) groups is 1. The maximum absolute atomic E-state index is 12.2. The van der Waals surface area contributed by atoms with Crippen LogP contribution in [0, 0.1) is 0 Å². The fraction of sp³-hybridized carbons (Fsp3) is 0.238. The van der Waals surface area contributed by atoms with E-state index in [2.05, 4.69) is 17.2 Å². The summed E-state index contributed by atoms with van der Waals surface area (Å²) in [6, 6.07) is 15.5. The van der Waals surface area contributed by atoms with Crippen molar-refractivity contribution in [3.63, 3.8) is 0 Å². The van der Waals surface area contributed by atoms with E-state index in [0.717, 1.165) is 23.5 Å². The molecule has 1 aliphatic rings.